The van der Waals surface area contributed by atoms with Crippen LogP contribution in [0.2, 0.25) is 0 Å². The first-order chi connectivity index (χ1) is 9.49. The number of hydrogen-bond acceptors (Lipinski definition) is 4. The summed E-state index contributed by atoms with van der Waals surface area (Å²) in [6.45, 7) is 0.293. The number of furan rings is 1. The maximum Gasteiger partial charge on any atom is 0.270 e. The number of amides is 1. The Morgan fingerprint density at radius 2 is 2.20 bits per heavy atom. The van der Waals surface area contributed by atoms with Crippen molar-refractivity contribution in [3.8, 4) is 0 Å². The van der Waals surface area contributed by atoms with Crippen LogP contribution in [0.3, 0.4) is 0 Å². The number of benzene rings is 1. The van der Waals surface area contributed by atoms with E-state index in [1.54, 1.807) is 19.2 Å². The lowest BCUT2D eigenvalue weighted by atomic mass is 10.2. The summed E-state index contributed by atoms with van der Waals surface area (Å²) >= 11 is 3.23. The molecule has 6 nitrogen and oxygen atoms in total. The van der Waals surface area contributed by atoms with Gasteiger partial charge in [0.05, 0.1) is 23.3 Å². The van der Waals surface area contributed by atoms with E-state index in [2.05, 4.69) is 15.9 Å². The maximum atomic E-state index is 12.3. The van der Waals surface area contributed by atoms with E-state index in [-0.39, 0.29) is 17.2 Å². The van der Waals surface area contributed by atoms with E-state index >= 15 is 0 Å². The van der Waals surface area contributed by atoms with Gasteiger partial charge in [-0.05, 0) is 34.1 Å². The van der Waals surface area contributed by atoms with Crippen molar-refractivity contribution in [2.75, 3.05) is 7.05 Å². The minimum absolute atomic E-state index is 0.122. The van der Waals surface area contributed by atoms with E-state index in [4.69, 9.17) is 4.42 Å². The molecule has 0 radical (unpaired) electrons. The van der Waals surface area contributed by atoms with E-state index in [9.17, 15) is 14.9 Å². The summed E-state index contributed by atoms with van der Waals surface area (Å²) in [7, 11) is 1.61. The zero-order valence-corrected chi connectivity index (χ0v) is 12.2. The number of nitro groups is 1. The molecule has 1 amide bonds. The van der Waals surface area contributed by atoms with E-state index in [1.165, 1.54) is 29.4 Å². The number of nitrogens with zero attached hydrogens (tertiary/aromatic N) is 2. The first kappa shape index (κ1) is 14.3. The van der Waals surface area contributed by atoms with Gasteiger partial charge in [-0.25, -0.2) is 0 Å². The van der Waals surface area contributed by atoms with Crippen LogP contribution >= 0.6 is 15.9 Å². The zero-order valence-electron chi connectivity index (χ0n) is 10.6. The first-order valence-electron chi connectivity index (χ1n) is 5.71. The number of carbonyl (C=O) groups is 1. The fourth-order valence-electron chi connectivity index (χ4n) is 1.70. The Balaban J connectivity index is 2.23. The second kappa shape index (κ2) is 5.87. The van der Waals surface area contributed by atoms with Crippen molar-refractivity contribution in [2.45, 2.75) is 6.54 Å². The summed E-state index contributed by atoms with van der Waals surface area (Å²) < 4.78 is 5.68. The predicted molar refractivity (Wildman–Crippen MR) is 75.3 cm³/mol. The van der Waals surface area contributed by atoms with Crippen LogP contribution in [-0.2, 0) is 6.54 Å². The lowest BCUT2D eigenvalue weighted by Crippen LogP contribution is -2.26. The molecule has 1 aromatic heterocycles. The molecule has 0 aliphatic heterocycles. The van der Waals surface area contributed by atoms with Crippen LogP contribution in [0, 0.1) is 10.1 Å². The Bertz CT molecular complexity index is 640. The molecule has 0 aliphatic rings. The van der Waals surface area contributed by atoms with E-state index in [1.807, 2.05) is 0 Å². The number of nitro benzene ring substituents is 1. The second-order valence-electron chi connectivity index (χ2n) is 4.16. The van der Waals surface area contributed by atoms with Gasteiger partial charge in [0, 0.05) is 23.7 Å². The Morgan fingerprint density at radius 3 is 2.80 bits per heavy atom. The minimum atomic E-state index is -0.532. The Labute approximate surface area is 123 Å². The van der Waals surface area contributed by atoms with Crippen molar-refractivity contribution in [1.29, 1.82) is 0 Å². The second-order valence-corrected chi connectivity index (χ2v) is 5.02. The molecule has 0 unspecified atom stereocenters. The monoisotopic (exact) mass is 338 g/mol. The molecule has 0 bridgehead atoms. The highest BCUT2D eigenvalue weighted by molar-refractivity contribution is 9.10. The molecule has 1 aromatic carbocycles. The third kappa shape index (κ3) is 3.05. The van der Waals surface area contributed by atoms with Crippen molar-refractivity contribution in [1.82, 2.24) is 4.90 Å². The van der Waals surface area contributed by atoms with Gasteiger partial charge in [-0.1, -0.05) is 0 Å². The topological polar surface area (TPSA) is 76.6 Å². The number of rotatable bonds is 4. The van der Waals surface area contributed by atoms with Gasteiger partial charge in [0.2, 0.25) is 0 Å². The van der Waals surface area contributed by atoms with Gasteiger partial charge in [0.25, 0.3) is 11.6 Å². The number of halogens is 1. The first-order valence-corrected chi connectivity index (χ1v) is 6.50. The quantitative estimate of drug-likeness (QED) is 0.633. The predicted octanol–water partition coefficient (Wildman–Crippen LogP) is 3.22. The highest BCUT2D eigenvalue weighted by Crippen LogP contribution is 2.24. The Kier molecular flexibility index (Phi) is 4.19. The summed E-state index contributed by atoms with van der Waals surface area (Å²) in [6.07, 6.45) is 1.52. The van der Waals surface area contributed by atoms with Crippen LogP contribution in [0.1, 0.15) is 16.1 Å². The zero-order chi connectivity index (χ0) is 14.7. The van der Waals surface area contributed by atoms with Gasteiger partial charge in [-0.2, -0.15) is 0 Å². The van der Waals surface area contributed by atoms with Crippen LogP contribution in [0.15, 0.2) is 45.5 Å². The lowest BCUT2D eigenvalue weighted by Gasteiger charge is -2.16. The van der Waals surface area contributed by atoms with Crippen LogP contribution in [0.5, 0.6) is 0 Å². The van der Waals surface area contributed by atoms with Gasteiger partial charge in [-0.3, -0.25) is 14.9 Å². The average Bonchev–Trinajstić information content (AvgIpc) is 2.91. The van der Waals surface area contributed by atoms with Crippen LogP contribution in [0.4, 0.5) is 5.69 Å². The highest BCUT2D eigenvalue weighted by atomic mass is 79.9. The van der Waals surface area contributed by atoms with Gasteiger partial charge in [-0.15, -0.1) is 0 Å². The Morgan fingerprint density at radius 1 is 1.45 bits per heavy atom. The molecule has 0 spiro atoms. The van der Waals surface area contributed by atoms with Crippen LogP contribution in [-0.4, -0.2) is 22.8 Å². The molecule has 0 fully saturated rings. The molecule has 0 N–H and O–H groups in total. The average molecular weight is 339 g/mol. The molecule has 20 heavy (non-hydrogen) atoms. The van der Waals surface area contributed by atoms with Crippen molar-refractivity contribution in [3.63, 3.8) is 0 Å². The summed E-state index contributed by atoms with van der Waals surface area (Å²) in [4.78, 5) is 24.0. The lowest BCUT2D eigenvalue weighted by molar-refractivity contribution is -0.384. The van der Waals surface area contributed by atoms with E-state index in [0.29, 0.717) is 16.8 Å². The van der Waals surface area contributed by atoms with Crippen LogP contribution in [0.25, 0.3) is 0 Å². The van der Waals surface area contributed by atoms with Gasteiger partial charge in [0.1, 0.15) is 5.76 Å². The molecular formula is C13H11BrN2O4. The van der Waals surface area contributed by atoms with Gasteiger partial charge in [0.15, 0.2) is 0 Å². The largest absolute Gasteiger partial charge is 0.467 e. The van der Waals surface area contributed by atoms with E-state index < -0.39 is 4.92 Å². The molecule has 0 saturated carbocycles. The maximum absolute atomic E-state index is 12.3. The molecule has 2 aromatic rings. The van der Waals surface area contributed by atoms with Crippen molar-refractivity contribution in [3.05, 3.63) is 62.5 Å². The summed E-state index contributed by atoms with van der Waals surface area (Å²) in [5.41, 5.74) is 0.121. The molecule has 104 valence electrons. The number of non-ortho nitro benzene ring substituents is 1. The molecule has 2 rings (SSSR count). The van der Waals surface area contributed by atoms with Crippen LogP contribution < -0.4 is 0 Å². The number of carbonyl (C=O) groups excluding carboxylic acids is 1. The SMILES string of the molecule is CN(Cc1ccco1)C(=O)c1cc([N+](=O)[O-])ccc1Br. The van der Waals surface area contributed by atoms with Crippen molar-refractivity contribution >= 4 is 27.5 Å². The fourth-order valence-corrected chi connectivity index (χ4v) is 2.12. The minimum Gasteiger partial charge on any atom is -0.467 e. The summed E-state index contributed by atoms with van der Waals surface area (Å²) in [5, 5.41) is 10.8. The summed E-state index contributed by atoms with van der Waals surface area (Å²) in [6, 6.07) is 7.58. The standard InChI is InChI=1S/C13H11BrN2O4/c1-15(8-10-3-2-6-20-10)13(17)11-7-9(16(18)19)4-5-12(11)14/h2-7H,8H2,1H3. The molecule has 7 heteroatoms. The third-order valence-electron chi connectivity index (χ3n) is 2.71. The highest BCUT2D eigenvalue weighted by Gasteiger charge is 2.19. The van der Waals surface area contributed by atoms with Gasteiger partial charge < -0.3 is 9.32 Å². The fraction of sp³-hybridized carbons (Fsp3) is 0.154. The molecule has 0 saturated heterocycles. The van der Waals surface area contributed by atoms with Crippen molar-refractivity contribution < 1.29 is 14.1 Å². The molecule has 0 atom stereocenters. The molecular weight excluding hydrogens is 328 g/mol. The molecule has 0 aliphatic carbocycles. The van der Waals surface area contributed by atoms with Gasteiger partial charge >= 0.3 is 0 Å². The third-order valence-corrected chi connectivity index (χ3v) is 3.40. The summed E-state index contributed by atoms with van der Waals surface area (Å²) in [5.74, 6) is 0.319. The Hall–Kier alpha value is -2.15. The molecule has 1 heterocycles. The normalized spacial score (nSPS) is 10.3. The van der Waals surface area contributed by atoms with E-state index in [0.717, 1.165) is 0 Å². The smallest absolute Gasteiger partial charge is 0.270 e. The van der Waals surface area contributed by atoms with Crippen molar-refractivity contribution in [2.24, 2.45) is 0 Å². The number of hydrogen-bond donors (Lipinski definition) is 0.